The molecule has 4 nitrogen and oxygen atoms in total. The van der Waals surface area contributed by atoms with Crippen molar-refractivity contribution in [1.29, 1.82) is 0 Å². The maximum atomic E-state index is 13.9. The van der Waals surface area contributed by atoms with Gasteiger partial charge in [-0.2, -0.15) is 8.42 Å². The fourth-order valence-electron chi connectivity index (χ4n) is 2.50. The summed E-state index contributed by atoms with van der Waals surface area (Å²) in [6.07, 6.45) is 1.37. The molecule has 1 fully saturated rings. The van der Waals surface area contributed by atoms with Crippen LogP contribution in [0.3, 0.4) is 0 Å². The van der Waals surface area contributed by atoms with Crippen molar-refractivity contribution in [3.8, 4) is 5.75 Å². The second-order valence-corrected chi connectivity index (χ2v) is 8.85. The van der Waals surface area contributed by atoms with E-state index >= 15 is 0 Å². The molecule has 8 heteroatoms. The summed E-state index contributed by atoms with van der Waals surface area (Å²) in [5, 5.41) is 0. The van der Waals surface area contributed by atoms with E-state index in [0.717, 1.165) is 17.7 Å². The van der Waals surface area contributed by atoms with Gasteiger partial charge in [0.15, 0.2) is 17.4 Å². The van der Waals surface area contributed by atoms with Crippen molar-refractivity contribution in [2.24, 2.45) is 0 Å². The standard InChI is InChI=1S/C18H17BrF2O4S/c1-12-2-4-14(5-3-12)26(22,23)24-9-8-18(6-7-18)25-17-15(20)10-13(19)11-16(17)21/h2-5,10-11H,6-9H2,1H3. The molecule has 0 atom stereocenters. The lowest BCUT2D eigenvalue weighted by molar-refractivity contribution is 0.131. The Morgan fingerprint density at radius 1 is 1.12 bits per heavy atom. The van der Waals surface area contributed by atoms with E-state index in [2.05, 4.69) is 15.9 Å². The van der Waals surface area contributed by atoms with E-state index < -0.39 is 33.1 Å². The maximum Gasteiger partial charge on any atom is 0.296 e. The normalized spacial score (nSPS) is 15.7. The van der Waals surface area contributed by atoms with Gasteiger partial charge in [-0.25, -0.2) is 8.78 Å². The largest absolute Gasteiger partial charge is 0.481 e. The predicted octanol–water partition coefficient (Wildman–Crippen LogP) is 4.74. The molecule has 0 bridgehead atoms. The minimum Gasteiger partial charge on any atom is -0.481 e. The number of aryl methyl sites for hydroxylation is 1. The second kappa shape index (κ2) is 7.25. The van der Waals surface area contributed by atoms with Gasteiger partial charge in [0.1, 0.15) is 5.60 Å². The van der Waals surface area contributed by atoms with Crippen LogP contribution in [0.25, 0.3) is 0 Å². The quantitative estimate of drug-likeness (QED) is 0.576. The molecule has 0 spiro atoms. The molecule has 1 saturated carbocycles. The summed E-state index contributed by atoms with van der Waals surface area (Å²) in [6, 6.07) is 8.54. The van der Waals surface area contributed by atoms with E-state index in [1.54, 1.807) is 12.1 Å². The number of hydrogen-bond donors (Lipinski definition) is 0. The molecule has 3 rings (SSSR count). The van der Waals surface area contributed by atoms with E-state index in [4.69, 9.17) is 8.92 Å². The zero-order valence-electron chi connectivity index (χ0n) is 14.0. The Bertz CT molecular complexity index is 886. The third kappa shape index (κ3) is 4.42. The van der Waals surface area contributed by atoms with Crippen molar-refractivity contribution >= 4 is 26.0 Å². The first kappa shape index (κ1) is 19.3. The molecular formula is C18H17BrF2O4S. The van der Waals surface area contributed by atoms with Crippen molar-refractivity contribution in [3.05, 3.63) is 58.1 Å². The molecule has 2 aromatic carbocycles. The highest BCUT2D eigenvalue weighted by molar-refractivity contribution is 9.10. The number of ether oxygens (including phenoxy) is 1. The molecule has 26 heavy (non-hydrogen) atoms. The predicted molar refractivity (Wildman–Crippen MR) is 95.6 cm³/mol. The molecule has 2 aromatic rings. The van der Waals surface area contributed by atoms with Crippen molar-refractivity contribution in [1.82, 2.24) is 0 Å². The van der Waals surface area contributed by atoms with Crippen molar-refractivity contribution in [2.75, 3.05) is 6.61 Å². The Balaban J connectivity index is 1.62. The monoisotopic (exact) mass is 446 g/mol. The van der Waals surface area contributed by atoms with E-state index in [1.165, 1.54) is 12.1 Å². The molecule has 140 valence electrons. The first-order valence-electron chi connectivity index (χ1n) is 8.00. The molecule has 0 saturated heterocycles. The topological polar surface area (TPSA) is 52.6 Å². The highest BCUT2D eigenvalue weighted by Gasteiger charge is 2.46. The third-order valence-electron chi connectivity index (χ3n) is 4.20. The summed E-state index contributed by atoms with van der Waals surface area (Å²) in [5.74, 6) is -2.07. The molecule has 0 aromatic heterocycles. The zero-order chi connectivity index (χ0) is 18.9. The van der Waals surface area contributed by atoms with Gasteiger partial charge in [0.2, 0.25) is 0 Å². The van der Waals surface area contributed by atoms with Gasteiger partial charge in [-0.3, -0.25) is 4.18 Å². The first-order valence-corrected chi connectivity index (χ1v) is 10.2. The van der Waals surface area contributed by atoms with E-state index in [-0.39, 0.29) is 22.4 Å². The van der Waals surface area contributed by atoms with Gasteiger partial charge in [-0.15, -0.1) is 0 Å². The number of halogens is 3. The molecular weight excluding hydrogens is 430 g/mol. The minimum atomic E-state index is -3.88. The van der Waals surface area contributed by atoms with Crippen LogP contribution in [-0.4, -0.2) is 20.6 Å². The molecule has 0 unspecified atom stereocenters. The zero-order valence-corrected chi connectivity index (χ0v) is 16.4. The molecule has 1 aliphatic carbocycles. The molecule has 0 heterocycles. The Morgan fingerprint density at radius 3 is 2.23 bits per heavy atom. The van der Waals surface area contributed by atoms with Crippen LogP contribution in [-0.2, 0) is 14.3 Å². The van der Waals surface area contributed by atoms with Crippen LogP contribution in [0.2, 0.25) is 0 Å². The van der Waals surface area contributed by atoms with Crippen LogP contribution >= 0.6 is 15.9 Å². The van der Waals surface area contributed by atoms with Gasteiger partial charge in [0, 0.05) is 10.9 Å². The highest BCUT2D eigenvalue weighted by atomic mass is 79.9. The van der Waals surface area contributed by atoms with Gasteiger partial charge in [-0.05, 0) is 44.0 Å². The van der Waals surface area contributed by atoms with Crippen LogP contribution in [0.15, 0.2) is 45.8 Å². The first-order chi connectivity index (χ1) is 12.2. The van der Waals surface area contributed by atoms with Gasteiger partial charge >= 0.3 is 0 Å². The average molecular weight is 447 g/mol. The van der Waals surface area contributed by atoms with E-state index in [0.29, 0.717) is 12.8 Å². The molecule has 0 amide bonds. The number of rotatable bonds is 7. The summed E-state index contributed by atoms with van der Waals surface area (Å²) in [5.41, 5.74) is 0.144. The van der Waals surface area contributed by atoms with Gasteiger partial charge < -0.3 is 4.74 Å². The Morgan fingerprint density at radius 2 is 1.69 bits per heavy atom. The van der Waals surface area contributed by atoms with Crippen molar-refractivity contribution in [3.63, 3.8) is 0 Å². The van der Waals surface area contributed by atoms with E-state index in [1.807, 2.05) is 6.92 Å². The average Bonchev–Trinajstić information content (AvgIpc) is 3.31. The fourth-order valence-corrected chi connectivity index (χ4v) is 3.81. The third-order valence-corrected chi connectivity index (χ3v) is 5.98. The van der Waals surface area contributed by atoms with Gasteiger partial charge in [0.25, 0.3) is 10.1 Å². The number of benzene rings is 2. The summed E-state index contributed by atoms with van der Waals surface area (Å²) in [7, 11) is -3.88. The van der Waals surface area contributed by atoms with Crippen LogP contribution in [0, 0.1) is 18.6 Å². The maximum absolute atomic E-state index is 13.9. The Labute approximate surface area is 159 Å². The molecule has 0 aliphatic heterocycles. The Hall–Kier alpha value is -1.51. The summed E-state index contributed by atoms with van der Waals surface area (Å²) in [4.78, 5) is 0.0684. The summed E-state index contributed by atoms with van der Waals surface area (Å²) in [6.45, 7) is 1.72. The summed E-state index contributed by atoms with van der Waals surface area (Å²) >= 11 is 3.01. The lowest BCUT2D eigenvalue weighted by Gasteiger charge is -2.19. The Kier molecular flexibility index (Phi) is 5.37. The second-order valence-electron chi connectivity index (χ2n) is 6.32. The van der Waals surface area contributed by atoms with E-state index in [9.17, 15) is 17.2 Å². The smallest absolute Gasteiger partial charge is 0.296 e. The number of hydrogen-bond acceptors (Lipinski definition) is 4. The summed E-state index contributed by atoms with van der Waals surface area (Å²) < 4.78 is 63.0. The molecule has 0 N–H and O–H groups in total. The van der Waals surface area contributed by atoms with Gasteiger partial charge in [0.05, 0.1) is 11.5 Å². The van der Waals surface area contributed by atoms with Crippen LogP contribution < -0.4 is 4.74 Å². The molecule has 1 aliphatic rings. The van der Waals surface area contributed by atoms with Crippen molar-refractivity contribution in [2.45, 2.75) is 36.7 Å². The lowest BCUT2D eigenvalue weighted by Crippen LogP contribution is -2.23. The van der Waals surface area contributed by atoms with Crippen LogP contribution in [0.4, 0.5) is 8.78 Å². The highest BCUT2D eigenvalue weighted by Crippen LogP contribution is 2.44. The van der Waals surface area contributed by atoms with Crippen LogP contribution in [0.5, 0.6) is 5.75 Å². The van der Waals surface area contributed by atoms with Crippen molar-refractivity contribution < 1.29 is 26.1 Å². The molecule has 0 radical (unpaired) electrons. The van der Waals surface area contributed by atoms with Crippen LogP contribution in [0.1, 0.15) is 24.8 Å². The lowest BCUT2D eigenvalue weighted by atomic mass is 10.2. The SMILES string of the molecule is Cc1ccc(S(=O)(=O)OCCC2(Oc3c(F)cc(Br)cc3F)CC2)cc1. The van der Waals surface area contributed by atoms with Gasteiger partial charge in [-0.1, -0.05) is 33.6 Å². The fraction of sp³-hybridized carbons (Fsp3) is 0.333. The minimum absolute atomic E-state index is 0.0684.